The molecule has 0 spiro atoms. The van der Waals surface area contributed by atoms with Crippen LogP contribution in [0.25, 0.3) is 32.7 Å². The molecule has 8 rings (SSSR count). The molecule has 0 aliphatic carbocycles. The van der Waals surface area contributed by atoms with Gasteiger partial charge in [-0.15, -0.1) is 34.0 Å². The largest absolute Gasteiger partial charge is 0.114 e. The summed E-state index contributed by atoms with van der Waals surface area (Å²) >= 11 is 0. The van der Waals surface area contributed by atoms with Crippen LogP contribution in [0.5, 0.6) is 0 Å². The van der Waals surface area contributed by atoms with Gasteiger partial charge in [-0.25, -0.2) is 0 Å². The van der Waals surface area contributed by atoms with E-state index in [2.05, 4.69) is 198 Å². The fourth-order valence-corrected chi connectivity index (χ4v) is 11.9. The van der Waals surface area contributed by atoms with E-state index in [0.717, 1.165) is 0 Å². The predicted octanol–water partition coefficient (Wildman–Crippen LogP) is 11.6. The number of rotatable bonds is 7. The van der Waals surface area contributed by atoms with Gasteiger partial charge in [0.2, 0.25) is 0 Å². The molecule has 0 atom stereocenters. The molecule has 0 fully saturated rings. The van der Waals surface area contributed by atoms with Crippen molar-refractivity contribution in [1.29, 1.82) is 0 Å². The van der Waals surface area contributed by atoms with Crippen LogP contribution in [-0.2, 0) is 19.5 Å². The molecule has 0 unspecified atom stereocenters. The van der Waals surface area contributed by atoms with Gasteiger partial charge in [-0.3, -0.25) is 0 Å². The normalized spacial score (nSPS) is 10.9. The summed E-state index contributed by atoms with van der Waals surface area (Å²) in [6, 6.07) is 64.6. The van der Waals surface area contributed by atoms with E-state index in [1.165, 1.54) is 86.8 Å². The van der Waals surface area contributed by atoms with Crippen LogP contribution < -0.4 is 31.8 Å². The molecule has 0 aromatic heterocycles. The average Bonchev–Trinajstić information content (AvgIpc) is 3.15. The van der Waals surface area contributed by atoms with Crippen molar-refractivity contribution in [3.8, 4) is 11.1 Å². The Kier molecular flexibility index (Phi) is 13.8. The number of halogens is 2. The monoisotopic (exact) mass is 940 g/mol. The standard InChI is InChI=1S/C48H40P2.2BrH.Ru/c1-33-13-23-39(24-14-33)49(40-25-15-34(2)16-26-40)45-31-21-37-9-5-7-11-43(37)47(45)48-44-12-8-6-10-38(44)22-32-46(48)50(41-27-17-35(3)18-28-41)42-29-19-36(4)20-30-42;;;/h5-32H,1-4H3;2*1H;. The van der Waals surface area contributed by atoms with Crippen molar-refractivity contribution in [2.24, 2.45) is 0 Å². The topological polar surface area (TPSA) is 0 Å². The molecule has 0 bridgehead atoms. The zero-order chi connectivity index (χ0) is 34.2. The molecule has 5 heteroatoms. The Bertz CT molecular complexity index is 2190. The second kappa shape index (κ2) is 17.9. The van der Waals surface area contributed by atoms with Gasteiger partial charge in [0.25, 0.3) is 0 Å². The molecule has 0 saturated heterocycles. The minimum absolute atomic E-state index is 0. The number of fused-ring (bicyclic) bond motifs is 2. The maximum Gasteiger partial charge on any atom is 0 e. The second-order valence-corrected chi connectivity index (χ2v) is 17.7. The summed E-state index contributed by atoms with van der Waals surface area (Å²) < 4.78 is 0. The molecule has 0 aliphatic rings. The summed E-state index contributed by atoms with van der Waals surface area (Å²) in [7, 11) is -1.77. The fraction of sp³-hybridized carbons (Fsp3) is 0.0833. The number of benzene rings is 8. The van der Waals surface area contributed by atoms with Crippen LogP contribution in [0.3, 0.4) is 0 Å². The third-order valence-electron chi connectivity index (χ3n) is 9.71. The minimum Gasteiger partial charge on any atom is -0.114 e. The molecule has 0 heterocycles. The van der Waals surface area contributed by atoms with Crippen LogP contribution >= 0.6 is 49.8 Å². The molecular formula is C48H42Br2P2Ru. The van der Waals surface area contributed by atoms with E-state index in [1.807, 2.05) is 0 Å². The van der Waals surface area contributed by atoms with Gasteiger partial charge in [-0.2, -0.15) is 0 Å². The van der Waals surface area contributed by atoms with Crippen molar-refractivity contribution in [3.63, 3.8) is 0 Å². The van der Waals surface area contributed by atoms with Crippen LogP contribution in [0.4, 0.5) is 0 Å². The zero-order valence-electron chi connectivity index (χ0n) is 30.2. The van der Waals surface area contributed by atoms with Gasteiger partial charge in [0.15, 0.2) is 0 Å². The van der Waals surface area contributed by atoms with E-state index in [0.29, 0.717) is 0 Å². The molecule has 266 valence electrons. The summed E-state index contributed by atoms with van der Waals surface area (Å²) in [6.45, 7) is 8.72. The van der Waals surface area contributed by atoms with Gasteiger partial charge in [-0.05, 0) is 108 Å². The molecule has 0 nitrogen and oxygen atoms in total. The Labute approximate surface area is 350 Å². The Morgan fingerprint density at radius 1 is 0.302 bits per heavy atom. The predicted molar refractivity (Wildman–Crippen MR) is 244 cm³/mol. The van der Waals surface area contributed by atoms with Gasteiger partial charge < -0.3 is 0 Å². The third kappa shape index (κ3) is 8.37. The van der Waals surface area contributed by atoms with Crippen LogP contribution in [0.2, 0.25) is 0 Å². The molecule has 8 aromatic rings. The summed E-state index contributed by atoms with van der Waals surface area (Å²) in [5.41, 5.74) is 7.84. The van der Waals surface area contributed by atoms with Crippen molar-refractivity contribution in [3.05, 3.63) is 192 Å². The summed E-state index contributed by atoms with van der Waals surface area (Å²) in [5, 5.41) is 13.4. The first kappa shape index (κ1) is 40.9. The van der Waals surface area contributed by atoms with E-state index in [-0.39, 0.29) is 53.4 Å². The summed E-state index contributed by atoms with van der Waals surface area (Å²) in [5.74, 6) is 0. The summed E-state index contributed by atoms with van der Waals surface area (Å²) in [6.07, 6.45) is 0. The number of aryl methyl sites for hydroxylation is 4. The SMILES string of the molecule is Br.Br.Cc1ccc(P(c2ccc(C)cc2)c2ccc3ccccc3c2-c2c(P(c3ccc(C)cc3)c3ccc(C)cc3)ccc3ccccc23)cc1.[Ru]. The first-order valence-corrected chi connectivity index (χ1v) is 20.0. The smallest absolute Gasteiger partial charge is 0 e. The van der Waals surface area contributed by atoms with Gasteiger partial charge in [-0.1, -0.05) is 192 Å². The van der Waals surface area contributed by atoms with Gasteiger partial charge >= 0.3 is 0 Å². The van der Waals surface area contributed by atoms with Crippen LogP contribution in [0.15, 0.2) is 170 Å². The molecule has 8 aromatic carbocycles. The molecular weight excluding hydrogens is 899 g/mol. The first-order chi connectivity index (χ1) is 24.4. The Balaban J connectivity index is 0.00000180. The zero-order valence-corrected chi connectivity index (χ0v) is 37.2. The maximum atomic E-state index is 2.44. The Morgan fingerprint density at radius 3 is 0.849 bits per heavy atom. The van der Waals surface area contributed by atoms with Crippen LogP contribution in [0.1, 0.15) is 22.3 Å². The van der Waals surface area contributed by atoms with Gasteiger partial charge in [0, 0.05) is 19.5 Å². The summed E-state index contributed by atoms with van der Waals surface area (Å²) in [4.78, 5) is 0. The van der Waals surface area contributed by atoms with Gasteiger partial charge in [0.1, 0.15) is 0 Å². The Hall–Kier alpha value is -3.28. The molecule has 0 aliphatic heterocycles. The van der Waals surface area contributed by atoms with E-state index in [9.17, 15) is 0 Å². The molecule has 53 heavy (non-hydrogen) atoms. The minimum atomic E-state index is -0.885. The molecule has 0 radical (unpaired) electrons. The van der Waals surface area contributed by atoms with E-state index in [1.54, 1.807) is 0 Å². The number of hydrogen-bond acceptors (Lipinski definition) is 0. The Morgan fingerprint density at radius 2 is 0.566 bits per heavy atom. The van der Waals surface area contributed by atoms with Crippen LogP contribution in [0, 0.1) is 27.7 Å². The van der Waals surface area contributed by atoms with Crippen molar-refractivity contribution >= 4 is 103 Å². The fourth-order valence-electron chi connectivity index (χ4n) is 7.05. The molecule has 0 saturated carbocycles. The molecule has 0 N–H and O–H groups in total. The maximum absolute atomic E-state index is 2.44. The van der Waals surface area contributed by atoms with Crippen molar-refractivity contribution < 1.29 is 19.5 Å². The van der Waals surface area contributed by atoms with Crippen molar-refractivity contribution in [2.45, 2.75) is 27.7 Å². The third-order valence-corrected chi connectivity index (χ3v) is 14.7. The quantitative estimate of drug-likeness (QED) is 0.110. The van der Waals surface area contributed by atoms with Gasteiger partial charge in [0.05, 0.1) is 0 Å². The van der Waals surface area contributed by atoms with Crippen LogP contribution in [-0.4, -0.2) is 0 Å². The van der Waals surface area contributed by atoms with Crippen molar-refractivity contribution in [1.82, 2.24) is 0 Å². The second-order valence-electron chi connectivity index (χ2n) is 13.4. The van der Waals surface area contributed by atoms with E-state index < -0.39 is 15.8 Å². The average molecular weight is 942 g/mol. The number of hydrogen-bond donors (Lipinski definition) is 0. The first-order valence-electron chi connectivity index (χ1n) is 17.4. The van der Waals surface area contributed by atoms with E-state index >= 15 is 0 Å². The van der Waals surface area contributed by atoms with E-state index in [4.69, 9.17) is 0 Å². The van der Waals surface area contributed by atoms with Crippen molar-refractivity contribution in [2.75, 3.05) is 0 Å². The molecule has 0 amide bonds.